The molecule has 0 aliphatic carbocycles. The Labute approximate surface area is 238 Å². The quantitative estimate of drug-likeness (QED) is 0.336. The number of hydrogen-bond acceptors (Lipinski definition) is 11. The SMILES string of the molecule is CNCc1ccc2cc1OCCOCCOCCN(C)S(=O)(=O)c1ccc(cc1)-c1cnc(N)c(n1)-c1cc-2no1. The lowest BCUT2D eigenvalue weighted by Crippen LogP contribution is -2.30. The minimum atomic E-state index is -3.70. The molecule has 13 heteroatoms. The number of rotatable bonds is 2. The average Bonchev–Trinajstić information content (AvgIpc) is 3.47. The second-order valence-electron chi connectivity index (χ2n) is 9.34. The molecule has 216 valence electrons. The number of sulfonamides is 1. The second-order valence-corrected chi connectivity index (χ2v) is 11.4. The van der Waals surface area contributed by atoms with Gasteiger partial charge < -0.3 is 29.8 Å². The van der Waals surface area contributed by atoms with E-state index in [1.54, 1.807) is 18.2 Å². The van der Waals surface area contributed by atoms with Crippen LogP contribution < -0.4 is 15.8 Å². The highest BCUT2D eigenvalue weighted by Gasteiger charge is 2.21. The van der Waals surface area contributed by atoms with Crippen LogP contribution in [0.15, 0.2) is 64.1 Å². The summed E-state index contributed by atoms with van der Waals surface area (Å²) in [5, 5.41) is 7.38. The Hall–Kier alpha value is -3.88. The molecule has 0 radical (unpaired) electrons. The standard InChI is InChI=1S/C28H32N6O6S/c1-30-17-21-4-3-20-15-25(21)39-14-13-38-12-11-37-10-9-34(2)41(35,36)22-7-5-19(6-8-22)24-18-31-28(29)27(32-24)26-16-23(20)33-40-26/h3-8,15-16,18,30H,9-14,17H2,1-2H3,(H2,29,31). The lowest BCUT2D eigenvalue weighted by atomic mass is 10.1. The molecule has 2 aromatic heterocycles. The van der Waals surface area contributed by atoms with Gasteiger partial charge in [0.05, 0.1) is 43.2 Å². The zero-order chi connectivity index (χ0) is 28.8. The predicted octanol–water partition coefficient (Wildman–Crippen LogP) is 2.81. The first-order valence-corrected chi connectivity index (χ1v) is 14.5. The summed E-state index contributed by atoms with van der Waals surface area (Å²) in [7, 11) is -0.315. The summed E-state index contributed by atoms with van der Waals surface area (Å²) >= 11 is 0. The molecule has 2 aromatic carbocycles. The molecular weight excluding hydrogens is 548 g/mol. The fourth-order valence-electron chi connectivity index (χ4n) is 4.25. The molecule has 0 spiro atoms. The highest BCUT2D eigenvalue weighted by molar-refractivity contribution is 7.89. The summed E-state index contributed by atoms with van der Waals surface area (Å²) in [4.78, 5) is 9.10. The van der Waals surface area contributed by atoms with Gasteiger partial charge in [-0.3, -0.25) is 0 Å². The van der Waals surface area contributed by atoms with Crippen LogP contribution >= 0.6 is 0 Å². The van der Waals surface area contributed by atoms with E-state index in [9.17, 15) is 8.42 Å². The van der Waals surface area contributed by atoms with E-state index in [0.717, 1.165) is 11.1 Å². The molecule has 2 aliphatic rings. The molecule has 12 nitrogen and oxygen atoms in total. The zero-order valence-electron chi connectivity index (χ0n) is 22.9. The summed E-state index contributed by atoms with van der Waals surface area (Å²) in [5.74, 6) is 1.22. The van der Waals surface area contributed by atoms with Crippen molar-refractivity contribution in [2.75, 3.05) is 59.4 Å². The highest BCUT2D eigenvalue weighted by Crippen LogP contribution is 2.32. The van der Waals surface area contributed by atoms with Gasteiger partial charge in [-0.25, -0.2) is 18.4 Å². The molecule has 6 rings (SSSR count). The third kappa shape index (κ3) is 6.55. The Balaban J connectivity index is 1.50. The number of hydrogen-bond donors (Lipinski definition) is 2. The van der Waals surface area contributed by atoms with Gasteiger partial charge >= 0.3 is 0 Å². The van der Waals surface area contributed by atoms with Crippen molar-refractivity contribution in [3.8, 4) is 39.7 Å². The van der Waals surface area contributed by atoms with Crippen molar-refractivity contribution in [3.63, 3.8) is 0 Å². The molecule has 4 aromatic rings. The number of ether oxygens (including phenoxy) is 3. The van der Waals surface area contributed by atoms with E-state index in [4.69, 9.17) is 24.5 Å². The van der Waals surface area contributed by atoms with E-state index < -0.39 is 10.0 Å². The van der Waals surface area contributed by atoms with Gasteiger partial charge in [0, 0.05) is 42.9 Å². The van der Waals surface area contributed by atoms with E-state index in [1.807, 2.05) is 25.2 Å². The summed E-state index contributed by atoms with van der Waals surface area (Å²) in [6.07, 6.45) is 1.53. The third-order valence-electron chi connectivity index (χ3n) is 6.54. The number of aromatic nitrogens is 3. The second kappa shape index (κ2) is 12.7. The Kier molecular flexibility index (Phi) is 8.90. The molecule has 4 heterocycles. The van der Waals surface area contributed by atoms with E-state index in [2.05, 4.69) is 20.4 Å². The largest absolute Gasteiger partial charge is 0.491 e. The Bertz CT molecular complexity index is 1590. The van der Waals surface area contributed by atoms with Crippen LogP contribution in [0.4, 0.5) is 5.82 Å². The number of nitrogen functional groups attached to an aromatic ring is 1. The lowest BCUT2D eigenvalue weighted by Gasteiger charge is -2.17. The Morgan fingerprint density at radius 2 is 1.68 bits per heavy atom. The summed E-state index contributed by atoms with van der Waals surface area (Å²) in [5.41, 5.74) is 10.0. The smallest absolute Gasteiger partial charge is 0.242 e. The average molecular weight is 581 g/mol. The maximum absolute atomic E-state index is 13.0. The molecule has 0 saturated carbocycles. The van der Waals surface area contributed by atoms with Crippen molar-refractivity contribution in [1.82, 2.24) is 24.7 Å². The molecule has 0 amide bonds. The number of nitrogens with one attached hydrogen (secondary N) is 1. The topological polar surface area (TPSA) is 155 Å². The van der Waals surface area contributed by atoms with E-state index in [-0.39, 0.29) is 23.9 Å². The fourth-order valence-corrected chi connectivity index (χ4v) is 5.40. The lowest BCUT2D eigenvalue weighted by molar-refractivity contribution is 0.0346. The van der Waals surface area contributed by atoms with Crippen LogP contribution in [-0.4, -0.2) is 81.5 Å². The van der Waals surface area contributed by atoms with E-state index >= 15 is 0 Å². The monoisotopic (exact) mass is 580 g/mol. The van der Waals surface area contributed by atoms with Gasteiger partial charge in [-0.2, -0.15) is 4.31 Å². The molecule has 0 fully saturated rings. The number of anilines is 1. The number of nitrogens with two attached hydrogens (primary N) is 1. The van der Waals surface area contributed by atoms with Crippen molar-refractivity contribution < 1.29 is 27.2 Å². The zero-order valence-corrected chi connectivity index (χ0v) is 23.7. The Morgan fingerprint density at radius 1 is 0.951 bits per heavy atom. The van der Waals surface area contributed by atoms with Gasteiger partial charge in [0.2, 0.25) is 10.0 Å². The van der Waals surface area contributed by atoms with Gasteiger partial charge in [0.1, 0.15) is 18.1 Å². The molecule has 0 saturated heterocycles. The number of benzene rings is 2. The third-order valence-corrected chi connectivity index (χ3v) is 8.41. The van der Waals surface area contributed by atoms with Crippen LogP contribution in [0, 0.1) is 0 Å². The molecule has 3 N–H and O–H groups in total. The minimum absolute atomic E-state index is 0.158. The van der Waals surface area contributed by atoms with Gasteiger partial charge in [-0.1, -0.05) is 29.4 Å². The maximum atomic E-state index is 13.0. The molecule has 2 aliphatic heterocycles. The summed E-state index contributed by atoms with van der Waals surface area (Å²) in [6.45, 7) is 2.45. The van der Waals surface area contributed by atoms with Gasteiger partial charge in [-0.05, 0) is 25.2 Å². The van der Waals surface area contributed by atoms with Crippen molar-refractivity contribution in [2.24, 2.45) is 0 Å². The van der Waals surface area contributed by atoms with Crippen molar-refractivity contribution in [3.05, 3.63) is 60.3 Å². The van der Waals surface area contributed by atoms with Crippen LogP contribution in [0.2, 0.25) is 0 Å². The van der Waals surface area contributed by atoms with Crippen molar-refractivity contribution in [2.45, 2.75) is 11.4 Å². The maximum Gasteiger partial charge on any atom is 0.242 e. The van der Waals surface area contributed by atoms with Crippen LogP contribution in [0.3, 0.4) is 0 Å². The van der Waals surface area contributed by atoms with Gasteiger partial charge in [0.15, 0.2) is 17.3 Å². The highest BCUT2D eigenvalue weighted by atomic mass is 32.2. The van der Waals surface area contributed by atoms with Crippen LogP contribution in [0.1, 0.15) is 5.56 Å². The van der Waals surface area contributed by atoms with Crippen LogP contribution in [0.5, 0.6) is 5.75 Å². The number of likely N-dealkylation sites (N-methyl/N-ethyl adjacent to an activating group) is 1. The number of fused-ring (bicyclic) bond motifs is 12. The molecule has 8 bridgehead atoms. The first-order chi connectivity index (χ1) is 19.9. The van der Waals surface area contributed by atoms with E-state index in [1.165, 1.54) is 29.7 Å². The van der Waals surface area contributed by atoms with Crippen molar-refractivity contribution >= 4 is 15.8 Å². The van der Waals surface area contributed by atoms with Crippen molar-refractivity contribution in [1.29, 1.82) is 0 Å². The predicted molar refractivity (Wildman–Crippen MR) is 153 cm³/mol. The van der Waals surface area contributed by atoms with E-state index in [0.29, 0.717) is 67.1 Å². The normalized spacial score (nSPS) is 16.5. The molecule has 0 unspecified atom stereocenters. The first-order valence-electron chi connectivity index (χ1n) is 13.1. The van der Waals surface area contributed by atoms with Crippen LogP contribution in [0.25, 0.3) is 34.0 Å². The minimum Gasteiger partial charge on any atom is -0.491 e. The summed E-state index contributed by atoms with van der Waals surface area (Å²) < 4.78 is 50.2. The molecular formula is C28H32N6O6S. The van der Waals surface area contributed by atoms with Gasteiger partial charge in [0.25, 0.3) is 0 Å². The molecule has 41 heavy (non-hydrogen) atoms. The molecule has 0 atom stereocenters. The number of nitrogens with zero attached hydrogens (tertiary/aromatic N) is 4. The summed E-state index contributed by atoms with van der Waals surface area (Å²) in [6, 6.07) is 14.0. The first kappa shape index (κ1) is 28.6. The Morgan fingerprint density at radius 3 is 2.46 bits per heavy atom. The van der Waals surface area contributed by atoms with Gasteiger partial charge in [-0.15, -0.1) is 0 Å². The fraction of sp³-hybridized carbons (Fsp3) is 0.321. The van der Waals surface area contributed by atoms with Crippen LogP contribution in [-0.2, 0) is 26.0 Å².